The summed E-state index contributed by atoms with van der Waals surface area (Å²) >= 11 is 0. The molecule has 3 aromatic rings. The van der Waals surface area contributed by atoms with Crippen LogP contribution in [0.2, 0.25) is 0 Å². The Morgan fingerprint density at radius 2 is 1.65 bits per heavy atom. The third-order valence-electron chi connectivity index (χ3n) is 6.62. The first-order valence-electron chi connectivity index (χ1n) is 13.3. The number of methoxy groups -OCH3 is 1. The lowest BCUT2D eigenvalue weighted by Crippen LogP contribution is -2.53. The van der Waals surface area contributed by atoms with Gasteiger partial charge in [-0.05, 0) is 60.7 Å². The number of hydrogen-bond donors (Lipinski definition) is 1. The minimum atomic E-state index is -3.82. The van der Waals surface area contributed by atoms with Crippen LogP contribution in [-0.4, -0.2) is 57.6 Å². The van der Waals surface area contributed by atoms with Gasteiger partial charge < -0.3 is 15.0 Å². The Morgan fingerprint density at radius 3 is 2.30 bits per heavy atom. The average Bonchev–Trinajstić information content (AvgIpc) is 2.93. The summed E-state index contributed by atoms with van der Waals surface area (Å²) < 4.78 is 32.5. The lowest BCUT2D eigenvalue weighted by atomic mass is 10.0. The highest BCUT2D eigenvalue weighted by Crippen LogP contribution is 2.25. The van der Waals surface area contributed by atoms with E-state index in [9.17, 15) is 18.0 Å². The maximum absolute atomic E-state index is 14.1. The molecule has 1 atom stereocenters. The second-order valence-electron chi connectivity index (χ2n) is 9.93. The predicted octanol–water partition coefficient (Wildman–Crippen LogP) is 4.24. The van der Waals surface area contributed by atoms with E-state index >= 15 is 0 Å². The molecule has 0 bridgehead atoms. The van der Waals surface area contributed by atoms with Crippen molar-refractivity contribution in [2.24, 2.45) is 0 Å². The van der Waals surface area contributed by atoms with Crippen LogP contribution in [0.3, 0.4) is 0 Å². The Balaban J connectivity index is 2.08. The van der Waals surface area contributed by atoms with Gasteiger partial charge in [-0.25, -0.2) is 8.42 Å². The summed E-state index contributed by atoms with van der Waals surface area (Å²) in [5.74, 6) is -0.158. The van der Waals surface area contributed by atoms with Crippen LogP contribution in [0.15, 0.2) is 72.8 Å². The van der Waals surface area contributed by atoms with Crippen LogP contribution in [0.5, 0.6) is 5.75 Å². The number of aryl methyl sites for hydroxylation is 2. The standard InChI is InChI=1S/C31H39N3O5S/c1-6-17-32-31(36)29(20-25-11-8-7-9-12-25)33(21-26-13-10-14-27(19-26)39-4)30(35)22-34(40(5,37)38)28-18-23(2)15-16-24(28)3/h7-16,18-19,29H,6,17,20-22H2,1-5H3,(H,32,36)/t29-/m1/s1. The van der Waals surface area contributed by atoms with Gasteiger partial charge in [-0.3, -0.25) is 13.9 Å². The zero-order valence-electron chi connectivity index (χ0n) is 23.9. The maximum Gasteiger partial charge on any atom is 0.244 e. The van der Waals surface area contributed by atoms with Gasteiger partial charge in [-0.2, -0.15) is 0 Å². The van der Waals surface area contributed by atoms with Crippen molar-refractivity contribution < 1.29 is 22.7 Å². The summed E-state index contributed by atoms with van der Waals surface area (Å²) in [7, 11) is -2.26. The topological polar surface area (TPSA) is 96.0 Å². The van der Waals surface area contributed by atoms with Gasteiger partial charge in [0.25, 0.3) is 0 Å². The van der Waals surface area contributed by atoms with E-state index in [2.05, 4.69) is 5.32 Å². The van der Waals surface area contributed by atoms with Crippen molar-refractivity contribution >= 4 is 27.5 Å². The lowest BCUT2D eigenvalue weighted by Gasteiger charge is -2.34. The van der Waals surface area contributed by atoms with Crippen LogP contribution in [0.25, 0.3) is 0 Å². The SMILES string of the molecule is CCCNC(=O)[C@@H](Cc1ccccc1)N(Cc1cccc(OC)c1)C(=O)CN(c1cc(C)ccc1C)S(C)(=O)=O. The highest BCUT2D eigenvalue weighted by molar-refractivity contribution is 7.92. The van der Waals surface area contributed by atoms with Crippen molar-refractivity contribution in [2.45, 2.75) is 46.2 Å². The van der Waals surface area contributed by atoms with Gasteiger partial charge in [0.05, 0.1) is 19.1 Å². The molecule has 214 valence electrons. The van der Waals surface area contributed by atoms with Crippen LogP contribution in [0.1, 0.15) is 35.6 Å². The molecule has 1 N–H and O–H groups in total. The summed E-state index contributed by atoms with van der Waals surface area (Å²) in [5, 5.41) is 2.94. The summed E-state index contributed by atoms with van der Waals surface area (Å²) in [6.07, 6.45) is 2.10. The molecule has 0 fully saturated rings. The molecule has 40 heavy (non-hydrogen) atoms. The van der Waals surface area contributed by atoms with E-state index in [-0.39, 0.29) is 18.9 Å². The van der Waals surface area contributed by atoms with Crippen molar-refractivity contribution in [1.82, 2.24) is 10.2 Å². The molecule has 0 aliphatic carbocycles. The fourth-order valence-electron chi connectivity index (χ4n) is 4.47. The number of ether oxygens (including phenoxy) is 1. The zero-order valence-corrected chi connectivity index (χ0v) is 24.7. The Hall–Kier alpha value is -3.85. The first kappa shape index (κ1) is 30.7. The summed E-state index contributed by atoms with van der Waals surface area (Å²) in [5.41, 5.74) is 3.68. The van der Waals surface area contributed by atoms with E-state index in [1.165, 1.54) is 4.90 Å². The Morgan fingerprint density at radius 1 is 0.950 bits per heavy atom. The number of rotatable bonds is 13. The van der Waals surface area contributed by atoms with Crippen LogP contribution >= 0.6 is 0 Å². The predicted molar refractivity (Wildman–Crippen MR) is 159 cm³/mol. The molecule has 0 radical (unpaired) electrons. The highest BCUT2D eigenvalue weighted by atomic mass is 32.2. The lowest BCUT2D eigenvalue weighted by molar-refractivity contribution is -0.140. The first-order valence-corrected chi connectivity index (χ1v) is 15.2. The van der Waals surface area contributed by atoms with Gasteiger partial charge in [-0.1, -0.05) is 61.5 Å². The number of nitrogens with zero attached hydrogens (tertiary/aromatic N) is 2. The molecule has 9 heteroatoms. The monoisotopic (exact) mass is 565 g/mol. The fourth-order valence-corrected chi connectivity index (χ4v) is 5.37. The third kappa shape index (κ3) is 8.32. The number of sulfonamides is 1. The molecule has 0 spiro atoms. The van der Waals surface area contributed by atoms with Crippen LogP contribution in [0.4, 0.5) is 5.69 Å². The van der Waals surface area contributed by atoms with Crippen LogP contribution < -0.4 is 14.4 Å². The minimum absolute atomic E-state index is 0.0947. The number of carbonyl (C=O) groups is 2. The summed E-state index contributed by atoms with van der Waals surface area (Å²) in [6.45, 7) is 5.75. The molecular weight excluding hydrogens is 526 g/mol. The molecule has 2 amide bonds. The van der Waals surface area contributed by atoms with Crippen molar-refractivity contribution in [3.8, 4) is 5.75 Å². The van der Waals surface area contributed by atoms with Crippen molar-refractivity contribution in [3.63, 3.8) is 0 Å². The molecule has 3 aromatic carbocycles. The van der Waals surface area contributed by atoms with Gasteiger partial charge in [0.15, 0.2) is 0 Å². The molecule has 3 rings (SSSR count). The van der Waals surface area contributed by atoms with E-state index in [0.717, 1.165) is 39.2 Å². The second kappa shape index (κ2) is 14.0. The van der Waals surface area contributed by atoms with Gasteiger partial charge >= 0.3 is 0 Å². The first-order chi connectivity index (χ1) is 19.0. The quantitative estimate of drug-likeness (QED) is 0.334. The van der Waals surface area contributed by atoms with Gasteiger partial charge in [0.1, 0.15) is 18.3 Å². The Kier molecular flexibility index (Phi) is 10.7. The normalized spacial score (nSPS) is 11.9. The molecule has 0 saturated carbocycles. The molecule has 0 saturated heterocycles. The van der Waals surface area contributed by atoms with E-state index < -0.39 is 28.5 Å². The van der Waals surface area contributed by atoms with Crippen molar-refractivity contribution in [1.29, 1.82) is 0 Å². The second-order valence-corrected chi connectivity index (χ2v) is 11.8. The Labute approximate surface area is 238 Å². The maximum atomic E-state index is 14.1. The van der Waals surface area contributed by atoms with E-state index in [0.29, 0.717) is 18.0 Å². The van der Waals surface area contributed by atoms with Crippen molar-refractivity contribution in [3.05, 3.63) is 95.1 Å². The number of benzene rings is 3. The number of anilines is 1. The average molecular weight is 566 g/mol. The zero-order chi connectivity index (χ0) is 29.3. The summed E-state index contributed by atoms with van der Waals surface area (Å²) in [6, 6.07) is 21.4. The van der Waals surface area contributed by atoms with Crippen LogP contribution in [-0.2, 0) is 32.6 Å². The molecule has 0 aliphatic rings. The molecular formula is C31H39N3O5S. The smallest absolute Gasteiger partial charge is 0.244 e. The number of amides is 2. The van der Waals surface area contributed by atoms with E-state index in [4.69, 9.17) is 4.74 Å². The third-order valence-corrected chi connectivity index (χ3v) is 7.75. The summed E-state index contributed by atoms with van der Waals surface area (Å²) in [4.78, 5) is 29.2. The van der Waals surface area contributed by atoms with Gasteiger partial charge in [0.2, 0.25) is 21.8 Å². The number of nitrogens with one attached hydrogen (secondary N) is 1. The van der Waals surface area contributed by atoms with E-state index in [1.807, 2.05) is 81.4 Å². The molecule has 8 nitrogen and oxygen atoms in total. The highest BCUT2D eigenvalue weighted by Gasteiger charge is 2.33. The van der Waals surface area contributed by atoms with Gasteiger partial charge in [0, 0.05) is 19.5 Å². The molecule has 0 aliphatic heterocycles. The molecule has 0 unspecified atom stereocenters. The fraction of sp³-hybridized carbons (Fsp3) is 0.355. The van der Waals surface area contributed by atoms with E-state index in [1.54, 1.807) is 19.2 Å². The molecule has 0 heterocycles. The number of carbonyl (C=O) groups excluding carboxylic acids is 2. The van der Waals surface area contributed by atoms with Crippen molar-refractivity contribution in [2.75, 3.05) is 30.8 Å². The Bertz CT molecular complexity index is 1410. The number of hydrogen-bond acceptors (Lipinski definition) is 5. The van der Waals surface area contributed by atoms with Gasteiger partial charge in [-0.15, -0.1) is 0 Å². The largest absolute Gasteiger partial charge is 0.497 e. The minimum Gasteiger partial charge on any atom is -0.497 e. The van der Waals surface area contributed by atoms with Crippen LogP contribution in [0, 0.1) is 13.8 Å². The molecule has 0 aromatic heterocycles.